The molecule has 0 aliphatic carbocycles. The third-order valence-electron chi connectivity index (χ3n) is 2.86. The van der Waals surface area contributed by atoms with Crippen LogP contribution < -0.4 is 10.6 Å². The number of nitrogens with zero attached hydrogens (tertiary/aromatic N) is 2. The van der Waals surface area contributed by atoms with Gasteiger partial charge in [-0.1, -0.05) is 0 Å². The lowest BCUT2D eigenvalue weighted by Gasteiger charge is -2.23. The number of hydrogen-bond donors (Lipinski definition) is 2. The molecule has 17 heavy (non-hydrogen) atoms. The third-order valence-corrected chi connectivity index (χ3v) is 3.68. The van der Waals surface area contributed by atoms with Gasteiger partial charge in [0.15, 0.2) is 0 Å². The van der Waals surface area contributed by atoms with Gasteiger partial charge < -0.3 is 10.6 Å². The molecule has 2 aromatic heterocycles. The van der Waals surface area contributed by atoms with Gasteiger partial charge in [0.05, 0.1) is 5.39 Å². The first kappa shape index (κ1) is 10.5. The van der Waals surface area contributed by atoms with E-state index in [1.165, 1.54) is 6.33 Å². The van der Waals surface area contributed by atoms with Crippen molar-refractivity contribution in [3.05, 3.63) is 17.8 Å². The molecule has 0 aromatic carbocycles. The van der Waals surface area contributed by atoms with Gasteiger partial charge in [0.25, 0.3) is 0 Å². The molecule has 1 unspecified atom stereocenters. The van der Waals surface area contributed by atoms with Crippen molar-refractivity contribution in [3.8, 4) is 0 Å². The molecule has 0 radical (unpaired) electrons. The van der Waals surface area contributed by atoms with E-state index in [9.17, 15) is 4.79 Å². The minimum absolute atomic E-state index is 0.0539. The van der Waals surface area contributed by atoms with Crippen LogP contribution in [0.2, 0.25) is 0 Å². The Bertz CT molecular complexity index is 553. The van der Waals surface area contributed by atoms with E-state index >= 15 is 0 Å². The molecule has 3 rings (SSSR count). The van der Waals surface area contributed by atoms with Crippen LogP contribution in [0.3, 0.4) is 0 Å². The van der Waals surface area contributed by atoms with Gasteiger partial charge >= 0.3 is 0 Å². The fourth-order valence-electron chi connectivity index (χ4n) is 1.98. The second kappa shape index (κ2) is 4.29. The molecular formula is C11H12N4OS. The molecule has 1 atom stereocenters. The SMILES string of the molecule is O=C1NCCCC1Nc1ncnc2sccc12. The Morgan fingerprint density at radius 1 is 1.47 bits per heavy atom. The van der Waals surface area contributed by atoms with E-state index in [0.717, 1.165) is 35.4 Å². The molecule has 2 aromatic rings. The summed E-state index contributed by atoms with van der Waals surface area (Å²) in [5, 5.41) is 9.02. The predicted octanol–water partition coefficient (Wildman–Crippen LogP) is 1.38. The molecule has 1 fully saturated rings. The number of nitrogens with one attached hydrogen (secondary N) is 2. The summed E-state index contributed by atoms with van der Waals surface area (Å²) in [6.45, 7) is 0.772. The highest BCUT2D eigenvalue weighted by Crippen LogP contribution is 2.24. The fraction of sp³-hybridized carbons (Fsp3) is 0.364. The van der Waals surface area contributed by atoms with Gasteiger partial charge in [-0.25, -0.2) is 9.97 Å². The average Bonchev–Trinajstić information content (AvgIpc) is 2.81. The van der Waals surface area contributed by atoms with Crippen LogP contribution in [0.4, 0.5) is 5.82 Å². The zero-order valence-electron chi connectivity index (χ0n) is 9.14. The van der Waals surface area contributed by atoms with E-state index in [-0.39, 0.29) is 11.9 Å². The second-order valence-electron chi connectivity index (χ2n) is 3.99. The number of hydrogen-bond acceptors (Lipinski definition) is 5. The Kier molecular flexibility index (Phi) is 2.64. The van der Waals surface area contributed by atoms with Crippen LogP contribution in [-0.2, 0) is 4.79 Å². The van der Waals surface area contributed by atoms with E-state index < -0.39 is 0 Å². The monoisotopic (exact) mass is 248 g/mol. The van der Waals surface area contributed by atoms with Gasteiger partial charge in [0.1, 0.15) is 23.0 Å². The van der Waals surface area contributed by atoms with Crippen LogP contribution in [0, 0.1) is 0 Å². The Morgan fingerprint density at radius 3 is 3.29 bits per heavy atom. The van der Waals surface area contributed by atoms with Crippen molar-refractivity contribution in [2.45, 2.75) is 18.9 Å². The molecular weight excluding hydrogens is 236 g/mol. The predicted molar refractivity (Wildman–Crippen MR) is 67.1 cm³/mol. The smallest absolute Gasteiger partial charge is 0.242 e. The standard InChI is InChI=1S/C11H12N4OS/c16-10-8(2-1-4-12-10)15-9-7-3-5-17-11(7)14-6-13-9/h3,5-6,8H,1-2,4H2,(H,12,16)(H,13,14,15). The van der Waals surface area contributed by atoms with Gasteiger partial charge in [-0.15, -0.1) is 11.3 Å². The summed E-state index contributed by atoms with van der Waals surface area (Å²) in [6, 6.07) is 1.80. The molecule has 0 spiro atoms. The zero-order chi connectivity index (χ0) is 11.7. The topological polar surface area (TPSA) is 66.9 Å². The minimum atomic E-state index is -0.179. The van der Waals surface area contributed by atoms with Crippen LogP contribution in [0.5, 0.6) is 0 Å². The summed E-state index contributed by atoms with van der Waals surface area (Å²) >= 11 is 1.57. The van der Waals surface area contributed by atoms with E-state index in [4.69, 9.17) is 0 Å². The first-order valence-corrected chi connectivity index (χ1v) is 6.45. The number of carbonyl (C=O) groups excluding carboxylic acids is 1. The molecule has 88 valence electrons. The van der Waals surface area contributed by atoms with Gasteiger partial charge in [-0.2, -0.15) is 0 Å². The fourth-order valence-corrected chi connectivity index (χ4v) is 2.71. The van der Waals surface area contributed by atoms with Crippen molar-refractivity contribution in [1.29, 1.82) is 0 Å². The van der Waals surface area contributed by atoms with E-state index in [1.54, 1.807) is 11.3 Å². The Hall–Kier alpha value is -1.69. The average molecular weight is 248 g/mol. The lowest BCUT2D eigenvalue weighted by atomic mass is 10.1. The number of amides is 1. The first-order chi connectivity index (χ1) is 8.34. The second-order valence-corrected chi connectivity index (χ2v) is 4.89. The van der Waals surface area contributed by atoms with Crippen LogP contribution in [-0.4, -0.2) is 28.5 Å². The molecule has 1 saturated heterocycles. The largest absolute Gasteiger partial charge is 0.358 e. The summed E-state index contributed by atoms with van der Waals surface area (Å²) in [7, 11) is 0. The van der Waals surface area contributed by atoms with E-state index in [0.29, 0.717) is 0 Å². The molecule has 3 heterocycles. The zero-order valence-corrected chi connectivity index (χ0v) is 9.96. The van der Waals surface area contributed by atoms with Crippen molar-refractivity contribution >= 4 is 33.3 Å². The summed E-state index contributed by atoms with van der Waals surface area (Å²) in [6.07, 6.45) is 3.38. The third kappa shape index (κ3) is 1.95. The van der Waals surface area contributed by atoms with Crippen LogP contribution in [0.15, 0.2) is 17.8 Å². The highest BCUT2D eigenvalue weighted by Gasteiger charge is 2.22. The summed E-state index contributed by atoms with van der Waals surface area (Å²) in [5.41, 5.74) is 0. The number of carbonyl (C=O) groups is 1. The maximum atomic E-state index is 11.7. The molecule has 5 nitrogen and oxygen atoms in total. The van der Waals surface area contributed by atoms with Crippen molar-refractivity contribution in [3.63, 3.8) is 0 Å². The summed E-state index contributed by atoms with van der Waals surface area (Å²) < 4.78 is 0. The Balaban J connectivity index is 1.89. The lowest BCUT2D eigenvalue weighted by Crippen LogP contribution is -2.44. The maximum Gasteiger partial charge on any atom is 0.242 e. The first-order valence-electron chi connectivity index (χ1n) is 5.57. The highest BCUT2D eigenvalue weighted by molar-refractivity contribution is 7.16. The van der Waals surface area contributed by atoms with Crippen LogP contribution in [0.25, 0.3) is 10.2 Å². The number of thiophene rings is 1. The Morgan fingerprint density at radius 2 is 2.41 bits per heavy atom. The van der Waals surface area contributed by atoms with Crippen LogP contribution >= 0.6 is 11.3 Å². The quantitative estimate of drug-likeness (QED) is 0.842. The van der Waals surface area contributed by atoms with Crippen molar-refractivity contribution in [2.24, 2.45) is 0 Å². The summed E-state index contributed by atoms with van der Waals surface area (Å²) in [4.78, 5) is 21.0. The maximum absolute atomic E-state index is 11.7. The van der Waals surface area contributed by atoms with E-state index in [2.05, 4.69) is 20.6 Å². The van der Waals surface area contributed by atoms with Crippen molar-refractivity contribution in [1.82, 2.24) is 15.3 Å². The molecule has 0 saturated carbocycles. The molecule has 0 bridgehead atoms. The number of fused-ring (bicyclic) bond motifs is 1. The Labute approximate surface area is 102 Å². The molecule has 6 heteroatoms. The summed E-state index contributed by atoms with van der Waals surface area (Å²) in [5.74, 6) is 0.802. The van der Waals surface area contributed by atoms with Gasteiger partial charge in [-0.05, 0) is 24.3 Å². The van der Waals surface area contributed by atoms with Crippen LogP contribution in [0.1, 0.15) is 12.8 Å². The number of anilines is 1. The minimum Gasteiger partial charge on any atom is -0.358 e. The number of rotatable bonds is 2. The van der Waals surface area contributed by atoms with Gasteiger partial charge in [-0.3, -0.25) is 4.79 Å². The molecule has 1 aliphatic heterocycles. The molecule has 1 aliphatic rings. The molecule has 2 N–H and O–H groups in total. The molecule has 1 amide bonds. The lowest BCUT2D eigenvalue weighted by molar-refractivity contribution is -0.123. The number of aromatic nitrogens is 2. The van der Waals surface area contributed by atoms with Crippen molar-refractivity contribution in [2.75, 3.05) is 11.9 Å². The number of piperidine rings is 1. The van der Waals surface area contributed by atoms with E-state index in [1.807, 2.05) is 11.4 Å². The normalized spacial score (nSPS) is 20.2. The highest BCUT2D eigenvalue weighted by atomic mass is 32.1. The van der Waals surface area contributed by atoms with Gasteiger partial charge in [0, 0.05) is 6.54 Å². The van der Waals surface area contributed by atoms with Crippen molar-refractivity contribution < 1.29 is 4.79 Å². The van der Waals surface area contributed by atoms with Gasteiger partial charge in [0.2, 0.25) is 5.91 Å².